The van der Waals surface area contributed by atoms with Gasteiger partial charge in [0.1, 0.15) is 11.6 Å². The maximum Gasteiger partial charge on any atom is 0.141 e. The summed E-state index contributed by atoms with van der Waals surface area (Å²) in [5.74, 6) is 0.196. The molecule has 0 radical (unpaired) electrons. The van der Waals surface area contributed by atoms with Gasteiger partial charge in [-0.2, -0.15) is 0 Å². The van der Waals surface area contributed by atoms with Crippen LogP contribution in [0.5, 0.6) is 5.75 Å². The molecule has 2 nitrogen and oxygen atoms in total. The summed E-state index contributed by atoms with van der Waals surface area (Å²) in [5.41, 5.74) is 1.98. The number of hydrogen-bond donors (Lipinski definition) is 1. The van der Waals surface area contributed by atoms with Gasteiger partial charge < -0.3 is 10.1 Å². The van der Waals surface area contributed by atoms with Crippen LogP contribution in [-0.2, 0) is 0 Å². The average Bonchev–Trinajstić information content (AvgIpc) is 2.47. The molecule has 0 aliphatic rings. The first-order chi connectivity index (χ1) is 10.1. The van der Waals surface area contributed by atoms with E-state index in [1.54, 1.807) is 13.2 Å². The first-order valence-corrected chi connectivity index (χ1v) is 8.17. The molecule has 0 aliphatic heterocycles. The molecule has 0 spiro atoms. The predicted molar refractivity (Wildman–Crippen MR) is 90.3 cm³/mol. The van der Waals surface area contributed by atoms with Crippen molar-refractivity contribution in [3.05, 3.63) is 62.3 Å². The van der Waals surface area contributed by atoms with E-state index in [9.17, 15) is 4.39 Å². The van der Waals surface area contributed by atoms with Crippen molar-refractivity contribution in [2.24, 2.45) is 0 Å². The van der Waals surface area contributed by atoms with Gasteiger partial charge in [-0.15, -0.1) is 0 Å². The number of rotatable bonds is 5. The van der Waals surface area contributed by atoms with Crippen LogP contribution in [0.2, 0.25) is 0 Å². The fraction of sp³-hybridized carbons (Fsp3) is 0.250. The van der Waals surface area contributed by atoms with Crippen LogP contribution in [0.3, 0.4) is 0 Å². The molecular formula is C16H16Br2FNO. The quantitative estimate of drug-likeness (QED) is 0.735. The predicted octanol–water partition coefficient (Wildman–Crippen LogP) is 5.06. The molecule has 0 aromatic heterocycles. The third kappa shape index (κ3) is 3.84. The molecule has 0 saturated heterocycles. The highest BCUT2D eigenvalue weighted by Crippen LogP contribution is 2.34. The topological polar surface area (TPSA) is 21.3 Å². The fourth-order valence-electron chi connectivity index (χ4n) is 2.24. The van der Waals surface area contributed by atoms with Crippen molar-refractivity contribution in [3.63, 3.8) is 0 Å². The molecule has 0 amide bonds. The third-order valence-electron chi connectivity index (χ3n) is 3.17. The minimum atomic E-state index is -0.333. The lowest BCUT2D eigenvalue weighted by Crippen LogP contribution is -2.22. The van der Waals surface area contributed by atoms with Crippen LogP contribution in [0.1, 0.15) is 24.1 Å². The van der Waals surface area contributed by atoms with Crippen LogP contribution in [0, 0.1) is 5.82 Å². The number of ether oxygens (including phenoxy) is 1. The number of methoxy groups -OCH3 is 1. The van der Waals surface area contributed by atoms with Crippen LogP contribution in [0.15, 0.2) is 45.3 Å². The van der Waals surface area contributed by atoms with E-state index in [1.807, 2.05) is 31.2 Å². The summed E-state index contributed by atoms with van der Waals surface area (Å²) in [7, 11) is 1.55. The van der Waals surface area contributed by atoms with E-state index in [4.69, 9.17) is 4.74 Å². The van der Waals surface area contributed by atoms with Crippen molar-refractivity contribution in [3.8, 4) is 5.75 Å². The molecule has 2 aromatic rings. The van der Waals surface area contributed by atoms with Gasteiger partial charge in [-0.1, -0.05) is 35.0 Å². The Balaban J connectivity index is 2.55. The smallest absolute Gasteiger partial charge is 0.141 e. The van der Waals surface area contributed by atoms with Crippen molar-refractivity contribution in [2.45, 2.75) is 13.0 Å². The lowest BCUT2D eigenvalue weighted by Gasteiger charge is -2.22. The molecule has 0 saturated carbocycles. The Labute approximate surface area is 141 Å². The van der Waals surface area contributed by atoms with Gasteiger partial charge in [-0.05, 0) is 46.2 Å². The van der Waals surface area contributed by atoms with Crippen molar-refractivity contribution in [2.75, 3.05) is 13.7 Å². The molecule has 1 N–H and O–H groups in total. The molecular weight excluding hydrogens is 401 g/mol. The van der Waals surface area contributed by atoms with Crippen molar-refractivity contribution < 1.29 is 9.13 Å². The van der Waals surface area contributed by atoms with Gasteiger partial charge in [-0.25, -0.2) is 4.39 Å². The van der Waals surface area contributed by atoms with Crippen LogP contribution in [0.4, 0.5) is 4.39 Å². The highest BCUT2D eigenvalue weighted by Gasteiger charge is 2.19. The Morgan fingerprint density at radius 1 is 1.24 bits per heavy atom. The van der Waals surface area contributed by atoms with E-state index in [0.717, 1.165) is 22.1 Å². The first-order valence-electron chi connectivity index (χ1n) is 6.58. The Morgan fingerprint density at radius 3 is 2.62 bits per heavy atom. The van der Waals surface area contributed by atoms with Crippen molar-refractivity contribution >= 4 is 31.9 Å². The number of halogens is 3. The second kappa shape index (κ2) is 7.38. The zero-order chi connectivity index (χ0) is 15.4. The highest BCUT2D eigenvalue weighted by molar-refractivity contribution is 9.10. The molecule has 1 unspecified atom stereocenters. The normalized spacial score (nSPS) is 12.2. The van der Waals surface area contributed by atoms with Crippen LogP contribution in [0.25, 0.3) is 0 Å². The van der Waals surface area contributed by atoms with Gasteiger partial charge >= 0.3 is 0 Å². The Hall–Kier alpha value is -0.910. The van der Waals surface area contributed by atoms with Gasteiger partial charge in [-0.3, -0.25) is 0 Å². The minimum Gasteiger partial charge on any atom is -0.496 e. The maximum atomic E-state index is 13.7. The Morgan fingerprint density at radius 2 is 2.00 bits per heavy atom. The number of hydrogen-bond acceptors (Lipinski definition) is 2. The molecule has 0 aliphatic carbocycles. The van der Waals surface area contributed by atoms with Crippen LogP contribution < -0.4 is 10.1 Å². The molecule has 5 heteroatoms. The van der Waals surface area contributed by atoms with Gasteiger partial charge in [0, 0.05) is 16.1 Å². The molecule has 0 heterocycles. The molecule has 2 rings (SSSR count). The summed E-state index contributed by atoms with van der Waals surface area (Å²) in [6.45, 7) is 2.82. The summed E-state index contributed by atoms with van der Waals surface area (Å²) in [5, 5.41) is 3.42. The average molecular weight is 417 g/mol. The van der Waals surface area contributed by atoms with Crippen molar-refractivity contribution in [1.29, 1.82) is 0 Å². The first kappa shape index (κ1) is 16.5. The van der Waals surface area contributed by atoms with E-state index < -0.39 is 0 Å². The molecule has 1 atom stereocenters. The highest BCUT2D eigenvalue weighted by atomic mass is 79.9. The van der Waals surface area contributed by atoms with Gasteiger partial charge in [0.25, 0.3) is 0 Å². The van der Waals surface area contributed by atoms with Gasteiger partial charge in [0.15, 0.2) is 0 Å². The van der Waals surface area contributed by atoms with E-state index in [0.29, 0.717) is 10.2 Å². The molecule has 21 heavy (non-hydrogen) atoms. The van der Waals surface area contributed by atoms with Crippen LogP contribution >= 0.6 is 31.9 Å². The van der Waals surface area contributed by atoms with E-state index >= 15 is 0 Å². The molecule has 2 aromatic carbocycles. The SMILES string of the molecule is CCNC(c1cccc(Br)c1)c1cc(Br)c(F)cc1OC. The maximum absolute atomic E-state index is 13.7. The summed E-state index contributed by atoms with van der Waals surface area (Å²) in [4.78, 5) is 0. The summed E-state index contributed by atoms with van der Waals surface area (Å²) in [6.07, 6.45) is 0. The Bertz CT molecular complexity index is 634. The molecule has 112 valence electrons. The largest absolute Gasteiger partial charge is 0.496 e. The molecule has 0 fully saturated rings. The summed E-state index contributed by atoms with van der Waals surface area (Å²) >= 11 is 6.74. The second-order valence-electron chi connectivity index (χ2n) is 4.55. The standard InChI is InChI=1S/C16H16Br2FNO/c1-3-20-16(10-5-4-6-11(17)7-10)12-8-13(18)14(19)9-15(12)21-2/h4-9,16,20H,3H2,1-2H3. The van der Waals surface area contributed by atoms with Gasteiger partial charge in [0.05, 0.1) is 17.6 Å². The monoisotopic (exact) mass is 415 g/mol. The summed E-state index contributed by atoms with van der Waals surface area (Å²) in [6, 6.07) is 11.1. The van der Waals surface area contributed by atoms with Crippen LogP contribution in [-0.4, -0.2) is 13.7 Å². The van der Waals surface area contributed by atoms with E-state index in [1.165, 1.54) is 6.07 Å². The Kier molecular flexibility index (Phi) is 5.79. The zero-order valence-corrected chi connectivity index (χ0v) is 15.0. The lowest BCUT2D eigenvalue weighted by molar-refractivity contribution is 0.400. The fourth-order valence-corrected chi connectivity index (χ4v) is 3.02. The van der Waals surface area contributed by atoms with Crippen molar-refractivity contribution in [1.82, 2.24) is 5.32 Å². The van der Waals surface area contributed by atoms with E-state index in [-0.39, 0.29) is 11.9 Å². The third-order valence-corrected chi connectivity index (χ3v) is 4.27. The molecule has 0 bridgehead atoms. The summed E-state index contributed by atoms with van der Waals surface area (Å²) < 4.78 is 20.5. The lowest BCUT2D eigenvalue weighted by atomic mass is 9.97. The second-order valence-corrected chi connectivity index (χ2v) is 6.32. The van der Waals surface area contributed by atoms with E-state index in [2.05, 4.69) is 37.2 Å². The number of benzene rings is 2. The van der Waals surface area contributed by atoms with Gasteiger partial charge in [0.2, 0.25) is 0 Å². The zero-order valence-electron chi connectivity index (χ0n) is 11.8. The minimum absolute atomic E-state index is 0.0700. The number of nitrogens with one attached hydrogen (secondary N) is 1.